The number of rotatable bonds is 0. The predicted molar refractivity (Wildman–Crippen MR) is 88.1 cm³/mol. The molecule has 4 saturated carbocycles. The first-order valence-electron chi connectivity index (χ1n) is 9.52. The van der Waals surface area contributed by atoms with Gasteiger partial charge >= 0.3 is 0 Å². The van der Waals surface area contributed by atoms with Crippen molar-refractivity contribution in [2.24, 2.45) is 28.6 Å². The minimum absolute atomic E-state index is 0.00443. The second-order valence-electron chi connectivity index (χ2n) is 9.69. The van der Waals surface area contributed by atoms with E-state index in [1.54, 1.807) is 0 Å². The average Bonchev–Trinajstić information content (AvgIpc) is 2.72. The highest BCUT2D eigenvalue weighted by molar-refractivity contribution is 5.91. The number of ketones is 2. The summed E-state index contributed by atoms with van der Waals surface area (Å²) in [5.74, 6) is -0.334. The van der Waals surface area contributed by atoms with E-state index in [0.29, 0.717) is 32.1 Å². The summed E-state index contributed by atoms with van der Waals surface area (Å²) < 4.78 is 16.6. The minimum Gasteiger partial charge on any atom is -0.390 e. The quantitative estimate of drug-likeness (QED) is 0.735. The maximum absolute atomic E-state index is 16.6. The number of halogens is 1. The molecule has 4 rings (SSSR count). The lowest BCUT2D eigenvalue weighted by molar-refractivity contribution is -0.205. The summed E-state index contributed by atoms with van der Waals surface area (Å²) in [6.45, 7) is 5.73. The van der Waals surface area contributed by atoms with E-state index in [-0.39, 0.29) is 35.7 Å². The number of carbonyl (C=O) groups is 2. The van der Waals surface area contributed by atoms with Gasteiger partial charge in [-0.3, -0.25) is 9.59 Å². The van der Waals surface area contributed by atoms with Gasteiger partial charge in [-0.15, -0.1) is 0 Å². The highest BCUT2D eigenvalue weighted by Crippen LogP contribution is 2.69. The SMILES string of the molecule is C[C@]1(O)CC[C@H]2[C@@H]3CC[C@@H]4CC(=O)CC[C@]4(C)[C@@]3(F)C(=O)C[C@@]21C. The standard InChI is InChI=1S/C20H29FO3/c1-17-8-6-13(22)10-12(17)4-5-15-14-7-9-19(3,24)18(14,2)11-16(23)20(15,17)21/h12,14-15,24H,4-11H2,1-3H3/t12-,14+,15+,17+,18+,19+,20+/m1/s1. The average molecular weight is 336 g/mol. The third-order valence-electron chi connectivity index (χ3n) is 8.88. The van der Waals surface area contributed by atoms with Crippen molar-refractivity contribution in [1.29, 1.82) is 0 Å². The van der Waals surface area contributed by atoms with Crippen molar-refractivity contribution in [3.8, 4) is 0 Å². The number of aliphatic hydroxyl groups is 1. The molecule has 7 atom stereocenters. The molecule has 4 aliphatic rings. The fourth-order valence-corrected chi connectivity index (χ4v) is 6.98. The molecular formula is C20H29FO3. The fraction of sp³-hybridized carbons (Fsp3) is 0.900. The zero-order chi connectivity index (χ0) is 17.5. The maximum atomic E-state index is 16.6. The van der Waals surface area contributed by atoms with Crippen molar-refractivity contribution in [1.82, 2.24) is 0 Å². The summed E-state index contributed by atoms with van der Waals surface area (Å²) >= 11 is 0. The molecule has 4 aliphatic carbocycles. The van der Waals surface area contributed by atoms with Gasteiger partial charge in [-0.1, -0.05) is 13.8 Å². The molecule has 4 fully saturated rings. The van der Waals surface area contributed by atoms with Crippen LogP contribution in [0, 0.1) is 28.6 Å². The molecule has 134 valence electrons. The number of Topliss-reactive ketones (excluding diaryl/α,β-unsaturated/α-hetero) is 2. The molecule has 0 amide bonds. The van der Waals surface area contributed by atoms with Crippen LogP contribution in [-0.4, -0.2) is 27.9 Å². The topological polar surface area (TPSA) is 54.4 Å². The Morgan fingerprint density at radius 2 is 1.71 bits per heavy atom. The Morgan fingerprint density at radius 3 is 2.42 bits per heavy atom. The largest absolute Gasteiger partial charge is 0.390 e. The molecule has 0 heterocycles. The molecule has 24 heavy (non-hydrogen) atoms. The lowest BCUT2D eigenvalue weighted by atomic mass is 9.42. The Bertz CT molecular complexity index is 614. The van der Waals surface area contributed by atoms with Crippen LogP contribution in [0.15, 0.2) is 0 Å². The molecule has 0 bridgehead atoms. The number of fused-ring (bicyclic) bond motifs is 5. The third kappa shape index (κ3) is 1.71. The van der Waals surface area contributed by atoms with Crippen molar-refractivity contribution in [2.75, 3.05) is 0 Å². The van der Waals surface area contributed by atoms with Gasteiger partial charge in [-0.05, 0) is 50.9 Å². The molecule has 0 spiro atoms. The zero-order valence-electron chi connectivity index (χ0n) is 15.0. The van der Waals surface area contributed by atoms with Crippen LogP contribution in [0.4, 0.5) is 4.39 Å². The Kier molecular flexibility index (Phi) is 3.26. The molecule has 3 nitrogen and oxygen atoms in total. The lowest BCUT2D eigenvalue weighted by Gasteiger charge is -2.62. The van der Waals surface area contributed by atoms with Crippen molar-refractivity contribution >= 4 is 11.6 Å². The summed E-state index contributed by atoms with van der Waals surface area (Å²) in [6, 6.07) is 0. The predicted octanol–water partition coefficient (Wildman–Crippen LogP) is 3.62. The maximum Gasteiger partial charge on any atom is 0.177 e. The summed E-state index contributed by atoms with van der Waals surface area (Å²) in [7, 11) is 0. The number of hydrogen-bond acceptors (Lipinski definition) is 3. The van der Waals surface area contributed by atoms with Crippen LogP contribution in [0.25, 0.3) is 0 Å². The number of alkyl halides is 1. The van der Waals surface area contributed by atoms with Crippen molar-refractivity contribution in [3.63, 3.8) is 0 Å². The normalized spacial score (nSPS) is 57.3. The van der Waals surface area contributed by atoms with E-state index in [0.717, 1.165) is 12.8 Å². The van der Waals surface area contributed by atoms with Gasteiger partial charge in [-0.25, -0.2) is 4.39 Å². The van der Waals surface area contributed by atoms with Gasteiger partial charge in [0.1, 0.15) is 5.78 Å². The molecular weight excluding hydrogens is 307 g/mol. The zero-order valence-corrected chi connectivity index (χ0v) is 15.0. The monoisotopic (exact) mass is 336 g/mol. The van der Waals surface area contributed by atoms with Gasteiger partial charge in [0.2, 0.25) is 0 Å². The highest BCUT2D eigenvalue weighted by Gasteiger charge is 2.73. The van der Waals surface area contributed by atoms with Crippen LogP contribution in [0.3, 0.4) is 0 Å². The minimum atomic E-state index is -1.82. The smallest absolute Gasteiger partial charge is 0.177 e. The first-order chi connectivity index (χ1) is 11.1. The number of carbonyl (C=O) groups excluding carboxylic acids is 2. The molecule has 0 aliphatic heterocycles. The van der Waals surface area contributed by atoms with Gasteiger partial charge in [0.15, 0.2) is 11.5 Å². The van der Waals surface area contributed by atoms with Crippen molar-refractivity contribution in [3.05, 3.63) is 0 Å². The summed E-state index contributed by atoms with van der Waals surface area (Å²) in [5, 5.41) is 10.9. The summed E-state index contributed by atoms with van der Waals surface area (Å²) in [6.07, 6.45) is 4.41. The lowest BCUT2D eigenvalue weighted by Crippen LogP contribution is -2.68. The Balaban J connectivity index is 1.79. The molecule has 1 N–H and O–H groups in total. The summed E-state index contributed by atoms with van der Waals surface area (Å²) in [5.41, 5.74) is -3.94. The van der Waals surface area contributed by atoms with Crippen LogP contribution >= 0.6 is 0 Å². The van der Waals surface area contributed by atoms with Crippen molar-refractivity contribution in [2.45, 2.75) is 83.4 Å². The first-order valence-corrected chi connectivity index (χ1v) is 9.52. The molecule has 0 saturated heterocycles. The van der Waals surface area contributed by atoms with E-state index in [1.807, 2.05) is 20.8 Å². The first kappa shape index (κ1) is 16.7. The summed E-state index contributed by atoms with van der Waals surface area (Å²) in [4.78, 5) is 25.0. The fourth-order valence-electron chi connectivity index (χ4n) is 6.98. The van der Waals surface area contributed by atoms with Gasteiger partial charge in [0, 0.05) is 36.0 Å². The van der Waals surface area contributed by atoms with Crippen LogP contribution in [-0.2, 0) is 9.59 Å². The molecule has 0 radical (unpaired) electrons. The van der Waals surface area contributed by atoms with E-state index in [2.05, 4.69) is 0 Å². The van der Waals surface area contributed by atoms with Crippen LogP contribution in [0.5, 0.6) is 0 Å². The van der Waals surface area contributed by atoms with Crippen LogP contribution < -0.4 is 0 Å². The van der Waals surface area contributed by atoms with E-state index in [9.17, 15) is 14.7 Å². The number of hydrogen-bond donors (Lipinski definition) is 1. The van der Waals surface area contributed by atoms with E-state index < -0.39 is 22.1 Å². The Morgan fingerprint density at radius 1 is 1.00 bits per heavy atom. The third-order valence-corrected chi connectivity index (χ3v) is 8.88. The van der Waals surface area contributed by atoms with Crippen LogP contribution in [0.2, 0.25) is 0 Å². The molecule has 0 aromatic rings. The van der Waals surface area contributed by atoms with Crippen molar-refractivity contribution < 1.29 is 19.1 Å². The van der Waals surface area contributed by atoms with Gasteiger partial charge < -0.3 is 5.11 Å². The molecule has 4 heteroatoms. The Hall–Kier alpha value is -0.770. The van der Waals surface area contributed by atoms with E-state index >= 15 is 4.39 Å². The van der Waals surface area contributed by atoms with Crippen LogP contribution in [0.1, 0.15) is 72.1 Å². The van der Waals surface area contributed by atoms with Gasteiger partial charge in [0.05, 0.1) is 5.60 Å². The Labute approximate surface area is 143 Å². The van der Waals surface area contributed by atoms with E-state index in [4.69, 9.17) is 0 Å². The van der Waals surface area contributed by atoms with Gasteiger partial charge in [0.25, 0.3) is 0 Å². The highest BCUT2D eigenvalue weighted by atomic mass is 19.1. The van der Waals surface area contributed by atoms with E-state index in [1.165, 1.54) is 0 Å². The molecule has 0 aromatic heterocycles. The second-order valence-corrected chi connectivity index (χ2v) is 9.69. The molecule has 0 aromatic carbocycles. The second kappa shape index (κ2) is 4.69. The molecule has 0 unspecified atom stereocenters. The van der Waals surface area contributed by atoms with Gasteiger partial charge in [-0.2, -0.15) is 0 Å².